The first-order valence-electron chi connectivity index (χ1n) is 4.82. The van der Waals surface area contributed by atoms with Crippen molar-refractivity contribution in [2.24, 2.45) is 5.73 Å². The maximum absolute atomic E-state index is 11.5. The van der Waals surface area contributed by atoms with Crippen molar-refractivity contribution in [3.05, 3.63) is 29.8 Å². The molecule has 16 heavy (non-hydrogen) atoms. The van der Waals surface area contributed by atoms with Gasteiger partial charge < -0.3 is 11.1 Å². The largest absolute Gasteiger partial charge is 0.389 e. The van der Waals surface area contributed by atoms with Gasteiger partial charge in [-0.1, -0.05) is 24.4 Å². The summed E-state index contributed by atoms with van der Waals surface area (Å²) in [6.07, 6.45) is 2.46. The van der Waals surface area contributed by atoms with Crippen LogP contribution >= 0.6 is 24.0 Å². The van der Waals surface area contributed by atoms with Crippen LogP contribution in [0, 0.1) is 0 Å². The topological polar surface area (TPSA) is 55.1 Å². The zero-order valence-corrected chi connectivity index (χ0v) is 10.7. The Kier molecular flexibility index (Phi) is 5.28. The van der Waals surface area contributed by atoms with Crippen LogP contribution in [-0.2, 0) is 4.79 Å². The van der Waals surface area contributed by atoms with Gasteiger partial charge in [-0.25, -0.2) is 0 Å². The van der Waals surface area contributed by atoms with Crippen molar-refractivity contribution in [2.75, 3.05) is 17.3 Å². The fourth-order valence-corrected chi connectivity index (χ4v) is 1.78. The molecule has 1 aromatic carbocycles. The predicted molar refractivity (Wildman–Crippen MR) is 74.0 cm³/mol. The van der Waals surface area contributed by atoms with Gasteiger partial charge in [-0.2, -0.15) is 11.8 Å². The van der Waals surface area contributed by atoms with Crippen molar-refractivity contribution in [1.29, 1.82) is 0 Å². The fraction of sp³-hybridized carbons (Fsp3) is 0.273. The van der Waals surface area contributed by atoms with Gasteiger partial charge in [-0.15, -0.1) is 0 Å². The Bertz CT molecular complexity index is 393. The number of anilines is 1. The Morgan fingerprint density at radius 1 is 1.50 bits per heavy atom. The molecule has 0 spiro atoms. The van der Waals surface area contributed by atoms with E-state index in [0.29, 0.717) is 22.7 Å². The second kappa shape index (κ2) is 6.50. The van der Waals surface area contributed by atoms with Crippen LogP contribution in [0.2, 0.25) is 0 Å². The number of carbonyl (C=O) groups is 1. The van der Waals surface area contributed by atoms with Crippen molar-refractivity contribution in [3.8, 4) is 0 Å². The Hall–Kier alpha value is -1.07. The first-order chi connectivity index (χ1) is 7.65. The smallest absolute Gasteiger partial charge is 0.225 e. The molecule has 0 fully saturated rings. The van der Waals surface area contributed by atoms with E-state index in [2.05, 4.69) is 5.32 Å². The number of rotatable bonds is 5. The second-order valence-electron chi connectivity index (χ2n) is 3.20. The highest BCUT2D eigenvalue weighted by Gasteiger charge is 2.07. The normalized spacial score (nSPS) is 9.81. The second-order valence-corrected chi connectivity index (χ2v) is 4.63. The minimum absolute atomic E-state index is 0.0157. The van der Waals surface area contributed by atoms with Gasteiger partial charge in [-0.3, -0.25) is 4.79 Å². The summed E-state index contributed by atoms with van der Waals surface area (Å²) in [5.74, 6) is 0.791. The summed E-state index contributed by atoms with van der Waals surface area (Å²) in [4.78, 5) is 11.8. The Morgan fingerprint density at radius 3 is 2.81 bits per heavy atom. The first kappa shape index (κ1) is 13.0. The van der Waals surface area contributed by atoms with E-state index in [1.54, 1.807) is 23.9 Å². The van der Waals surface area contributed by atoms with E-state index in [4.69, 9.17) is 18.0 Å². The Morgan fingerprint density at radius 2 is 2.19 bits per heavy atom. The minimum Gasteiger partial charge on any atom is -0.389 e. The number of amides is 1. The predicted octanol–water partition coefficient (Wildman–Crippen LogP) is 2.01. The molecule has 0 saturated carbocycles. The number of carbonyl (C=O) groups excluding carboxylic acids is 1. The molecule has 0 aliphatic heterocycles. The van der Waals surface area contributed by atoms with E-state index in [1.807, 2.05) is 18.4 Å². The maximum atomic E-state index is 11.5. The fourth-order valence-electron chi connectivity index (χ4n) is 1.21. The number of hydrogen-bond acceptors (Lipinski definition) is 3. The third-order valence-electron chi connectivity index (χ3n) is 2.00. The quantitative estimate of drug-likeness (QED) is 0.789. The van der Waals surface area contributed by atoms with Crippen molar-refractivity contribution in [2.45, 2.75) is 6.42 Å². The van der Waals surface area contributed by atoms with Gasteiger partial charge in [0, 0.05) is 17.7 Å². The van der Waals surface area contributed by atoms with Gasteiger partial charge in [0.1, 0.15) is 4.99 Å². The highest BCUT2D eigenvalue weighted by atomic mass is 32.2. The third kappa shape index (κ3) is 3.83. The minimum atomic E-state index is -0.0157. The van der Waals surface area contributed by atoms with Crippen LogP contribution in [0.15, 0.2) is 24.3 Å². The maximum Gasteiger partial charge on any atom is 0.225 e. The standard InChI is InChI=1S/C11H14N2OS2/c1-16-7-6-10(14)13-9-5-3-2-4-8(9)11(12)15/h2-5H,6-7H2,1H3,(H2,12,15)(H,13,14). The number of hydrogen-bond donors (Lipinski definition) is 2. The number of para-hydroxylation sites is 1. The van der Waals surface area contributed by atoms with Crippen LogP contribution in [0.3, 0.4) is 0 Å². The van der Waals surface area contributed by atoms with E-state index >= 15 is 0 Å². The third-order valence-corrected chi connectivity index (χ3v) is 2.83. The molecule has 1 aromatic rings. The average Bonchev–Trinajstić information content (AvgIpc) is 2.27. The van der Waals surface area contributed by atoms with Crippen LogP contribution in [0.4, 0.5) is 5.69 Å². The van der Waals surface area contributed by atoms with E-state index in [9.17, 15) is 4.79 Å². The van der Waals surface area contributed by atoms with E-state index in [0.717, 1.165) is 5.75 Å². The molecule has 0 bridgehead atoms. The van der Waals surface area contributed by atoms with Crippen molar-refractivity contribution >= 4 is 40.6 Å². The number of thioether (sulfide) groups is 1. The lowest BCUT2D eigenvalue weighted by atomic mass is 10.1. The lowest BCUT2D eigenvalue weighted by Gasteiger charge is -2.09. The molecule has 3 N–H and O–H groups in total. The van der Waals surface area contributed by atoms with Crippen LogP contribution in [0.25, 0.3) is 0 Å². The number of thiocarbonyl (C=S) groups is 1. The summed E-state index contributed by atoms with van der Waals surface area (Å²) in [5.41, 5.74) is 6.95. The van der Waals surface area contributed by atoms with E-state index in [1.165, 1.54) is 0 Å². The van der Waals surface area contributed by atoms with Crippen molar-refractivity contribution in [3.63, 3.8) is 0 Å². The zero-order valence-electron chi connectivity index (χ0n) is 9.03. The molecule has 0 radical (unpaired) electrons. The summed E-state index contributed by atoms with van der Waals surface area (Å²) < 4.78 is 0. The van der Waals surface area contributed by atoms with Gasteiger partial charge in [0.05, 0.1) is 5.69 Å². The Balaban J connectivity index is 2.73. The molecule has 1 amide bonds. The Labute approximate surface area is 105 Å². The molecule has 3 nitrogen and oxygen atoms in total. The number of benzene rings is 1. The summed E-state index contributed by atoms with van der Waals surface area (Å²) in [5, 5.41) is 2.81. The van der Waals surface area contributed by atoms with E-state index in [-0.39, 0.29) is 5.91 Å². The molecular formula is C11H14N2OS2. The highest BCUT2D eigenvalue weighted by molar-refractivity contribution is 7.98. The summed E-state index contributed by atoms with van der Waals surface area (Å²) >= 11 is 6.55. The lowest BCUT2D eigenvalue weighted by molar-refractivity contribution is -0.115. The van der Waals surface area contributed by atoms with Crippen LogP contribution in [-0.4, -0.2) is 22.9 Å². The molecule has 0 aliphatic carbocycles. The summed E-state index contributed by atoms with van der Waals surface area (Å²) in [6, 6.07) is 7.27. The molecular weight excluding hydrogens is 240 g/mol. The highest BCUT2D eigenvalue weighted by Crippen LogP contribution is 2.15. The van der Waals surface area contributed by atoms with Gasteiger partial charge in [0.2, 0.25) is 5.91 Å². The monoisotopic (exact) mass is 254 g/mol. The molecule has 5 heteroatoms. The molecule has 0 aromatic heterocycles. The molecule has 0 unspecified atom stereocenters. The van der Waals surface area contributed by atoms with Gasteiger partial charge >= 0.3 is 0 Å². The van der Waals surface area contributed by atoms with Gasteiger partial charge in [-0.05, 0) is 18.4 Å². The summed E-state index contributed by atoms with van der Waals surface area (Å²) in [6.45, 7) is 0. The molecule has 86 valence electrons. The molecule has 0 atom stereocenters. The number of nitrogens with two attached hydrogens (primary N) is 1. The van der Waals surface area contributed by atoms with Crippen LogP contribution in [0.1, 0.15) is 12.0 Å². The van der Waals surface area contributed by atoms with Crippen molar-refractivity contribution < 1.29 is 4.79 Å². The van der Waals surface area contributed by atoms with E-state index < -0.39 is 0 Å². The molecule has 0 heterocycles. The van der Waals surface area contributed by atoms with Gasteiger partial charge in [0.25, 0.3) is 0 Å². The molecule has 0 aliphatic rings. The van der Waals surface area contributed by atoms with Crippen molar-refractivity contribution in [1.82, 2.24) is 0 Å². The lowest BCUT2D eigenvalue weighted by Crippen LogP contribution is -2.17. The van der Waals surface area contributed by atoms with Crippen LogP contribution in [0.5, 0.6) is 0 Å². The molecule has 1 rings (SSSR count). The van der Waals surface area contributed by atoms with Gasteiger partial charge in [0.15, 0.2) is 0 Å². The molecule has 0 saturated heterocycles. The zero-order chi connectivity index (χ0) is 12.0. The van der Waals surface area contributed by atoms with Crippen LogP contribution < -0.4 is 11.1 Å². The summed E-state index contributed by atoms with van der Waals surface area (Å²) in [7, 11) is 0. The SMILES string of the molecule is CSCCC(=O)Nc1ccccc1C(N)=S. The first-order valence-corrected chi connectivity index (χ1v) is 6.63. The number of nitrogens with one attached hydrogen (secondary N) is 1. The average molecular weight is 254 g/mol.